The van der Waals surface area contributed by atoms with Crippen LogP contribution in [0.2, 0.25) is 5.02 Å². The molecule has 0 aromatic heterocycles. The number of rotatable bonds is 4. The molecule has 0 aliphatic carbocycles. The Morgan fingerprint density at radius 3 is 2.45 bits per heavy atom. The number of halogens is 1. The molecular weight excluding hydrogens is 276 g/mol. The Morgan fingerprint density at radius 2 is 1.80 bits per heavy atom. The minimum atomic E-state index is -0.186. The van der Waals surface area contributed by atoms with Crippen LogP contribution in [0.1, 0.15) is 21.5 Å². The summed E-state index contributed by atoms with van der Waals surface area (Å²) in [5.41, 5.74) is 1.75. The number of ketones is 1. The van der Waals surface area contributed by atoms with Crippen molar-refractivity contribution in [3.63, 3.8) is 0 Å². The second-order valence-corrected chi connectivity index (χ2v) is 4.71. The first kappa shape index (κ1) is 14.4. The first-order valence-corrected chi connectivity index (χ1v) is 6.48. The molecule has 0 saturated carbocycles. The van der Waals surface area contributed by atoms with Crippen LogP contribution in [0.15, 0.2) is 36.4 Å². The predicted octanol–water partition coefficient (Wildman–Crippen LogP) is 3.90. The maximum absolute atomic E-state index is 12.6. The molecule has 0 spiro atoms. The van der Waals surface area contributed by atoms with Gasteiger partial charge in [-0.1, -0.05) is 23.7 Å². The van der Waals surface area contributed by atoms with E-state index in [1.165, 1.54) is 7.11 Å². The molecule has 2 aromatic rings. The fourth-order valence-electron chi connectivity index (χ4n) is 1.96. The third kappa shape index (κ3) is 2.63. The first-order valence-electron chi connectivity index (χ1n) is 6.10. The van der Waals surface area contributed by atoms with Crippen molar-refractivity contribution in [3.05, 3.63) is 58.1 Å². The average molecular weight is 291 g/mol. The quantitative estimate of drug-likeness (QED) is 0.801. The standard InChI is InChI=1S/C16H15ClO3/c1-10-5-4-6-12(15(10)17)16(18)13-9-11(19-2)7-8-14(13)20-3/h4-9H,1-3H3. The Kier molecular flexibility index (Phi) is 4.30. The molecule has 0 aliphatic rings. The molecule has 104 valence electrons. The summed E-state index contributed by atoms with van der Waals surface area (Å²) in [6, 6.07) is 10.5. The van der Waals surface area contributed by atoms with Crippen molar-refractivity contribution < 1.29 is 14.3 Å². The molecule has 0 bridgehead atoms. The Morgan fingerprint density at radius 1 is 1.05 bits per heavy atom. The van der Waals surface area contributed by atoms with Crippen molar-refractivity contribution in [1.82, 2.24) is 0 Å². The van der Waals surface area contributed by atoms with Crippen molar-refractivity contribution in [2.75, 3.05) is 14.2 Å². The molecule has 2 aromatic carbocycles. The highest BCUT2D eigenvalue weighted by atomic mass is 35.5. The molecule has 0 radical (unpaired) electrons. The number of methoxy groups -OCH3 is 2. The van der Waals surface area contributed by atoms with E-state index >= 15 is 0 Å². The fraction of sp³-hybridized carbons (Fsp3) is 0.188. The van der Waals surface area contributed by atoms with Gasteiger partial charge in [0.15, 0.2) is 5.78 Å². The smallest absolute Gasteiger partial charge is 0.198 e. The average Bonchev–Trinajstić information content (AvgIpc) is 2.48. The molecule has 4 heteroatoms. The monoisotopic (exact) mass is 290 g/mol. The van der Waals surface area contributed by atoms with Crippen LogP contribution in [0, 0.1) is 6.92 Å². The lowest BCUT2D eigenvalue weighted by Crippen LogP contribution is -2.05. The number of carbonyl (C=O) groups is 1. The lowest BCUT2D eigenvalue weighted by Gasteiger charge is -2.11. The third-order valence-electron chi connectivity index (χ3n) is 3.09. The molecular formula is C16H15ClO3. The summed E-state index contributed by atoms with van der Waals surface area (Å²) in [5.74, 6) is 0.903. The second-order valence-electron chi connectivity index (χ2n) is 4.33. The maximum atomic E-state index is 12.6. The van der Waals surface area contributed by atoms with Crippen molar-refractivity contribution in [2.24, 2.45) is 0 Å². The lowest BCUT2D eigenvalue weighted by atomic mass is 10.0. The van der Waals surface area contributed by atoms with Gasteiger partial charge in [0, 0.05) is 5.56 Å². The zero-order valence-corrected chi connectivity index (χ0v) is 12.3. The van der Waals surface area contributed by atoms with Crippen molar-refractivity contribution in [1.29, 1.82) is 0 Å². The fourth-order valence-corrected chi connectivity index (χ4v) is 2.17. The molecule has 2 rings (SSSR count). The van der Waals surface area contributed by atoms with Crippen LogP contribution >= 0.6 is 11.6 Å². The Hall–Kier alpha value is -2.00. The summed E-state index contributed by atoms with van der Waals surface area (Å²) in [6.45, 7) is 1.86. The van der Waals surface area contributed by atoms with Crippen molar-refractivity contribution >= 4 is 17.4 Å². The molecule has 0 amide bonds. The SMILES string of the molecule is COc1ccc(OC)c(C(=O)c2cccc(C)c2Cl)c1. The Balaban J connectivity index is 2.55. The van der Waals surface area contributed by atoms with E-state index in [0.29, 0.717) is 27.6 Å². The van der Waals surface area contributed by atoms with E-state index in [1.807, 2.05) is 13.0 Å². The van der Waals surface area contributed by atoms with E-state index in [-0.39, 0.29) is 5.78 Å². The molecule has 0 heterocycles. The number of carbonyl (C=O) groups excluding carboxylic acids is 1. The topological polar surface area (TPSA) is 35.5 Å². The third-order valence-corrected chi connectivity index (χ3v) is 3.59. The predicted molar refractivity (Wildman–Crippen MR) is 79.2 cm³/mol. The van der Waals surface area contributed by atoms with Gasteiger partial charge in [-0.2, -0.15) is 0 Å². The van der Waals surface area contributed by atoms with Gasteiger partial charge in [0.05, 0.1) is 24.8 Å². The summed E-state index contributed by atoms with van der Waals surface area (Å²) in [4.78, 5) is 12.6. The van der Waals surface area contributed by atoms with Crippen LogP contribution in [-0.2, 0) is 0 Å². The zero-order valence-electron chi connectivity index (χ0n) is 11.6. The normalized spacial score (nSPS) is 10.2. The number of hydrogen-bond donors (Lipinski definition) is 0. The van der Waals surface area contributed by atoms with Gasteiger partial charge < -0.3 is 9.47 Å². The van der Waals surface area contributed by atoms with Gasteiger partial charge in [-0.25, -0.2) is 0 Å². The number of benzene rings is 2. The summed E-state index contributed by atoms with van der Waals surface area (Å²) in [5, 5.41) is 0.461. The summed E-state index contributed by atoms with van der Waals surface area (Å²) < 4.78 is 10.4. The maximum Gasteiger partial charge on any atom is 0.198 e. The van der Waals surface area contributed by atoms with Crippen LogP contribution in [0.4, 0.5) is 0 Å². The van der Waals surface area contributed by atoms with Crippen LogP contribution in [0.3, 0.4) is 0 Å². The number of hydrogen-bond acceptors (Lipinski definition) is 3. The second kappa shape index (κ2) is 5.97. The van der Waals surface area contributed by atoms with E-state index in [0.717, 1.165) is 5.56 Å². The molecule has 0 N–H and O–H groups in total. The molecule has 0 aliphatic heterocycles. The van der Waals surface area contributed by atoms with Gasteiger partial charge in [-0.15, -0.1) is 0 Å². The van der Waals surface area contributed by atoms with Gasteiger partial charge in [-0.3, -0.25) is 4.79 Å². The van der Waals surface area contributed by atoms with Gasteiger partial charge in [0.1, 0.15) is 11.5 Å². The van der Waals surface area contributed by atoms with E-state index in [1.54, 1.807) is 37.4 Å². The van der Waals surface area contributed by atoms with Crippen molar-refractivity contribution in [3.8, 4) is 11.5 Å². The van der Waals surface area contributed by atoms with E-state index in [2.05, 4.69) is 0 Å². The van der Waals surface area contributed by atoms with Crippen LogP contribution in [-0.4, -0.2) is 20.0 Å². The first-order chi connectivity index (χ1) is 9.58. The minimum Gasteiger partial charge on any atom is -0.497 e. The van der Waals surface area contributed by atoms with Crippen LogP contribution < -0.4 is 9.47 Å². The summed E-state index contributed by atoms with van der Waals surface area (Å²) in [6.07, 6.45) is 0. The molecule has 0 atom stereocenters. The highest BCUT2D eigenvalue weighted by Gasteiger charge is 2.18. The molecule has 20 heavy (non-hydrogen) atoms. The highest BCUT2D eigenvalue weighted by molar-refractivity contribution is 6.35. The van der Waals surface area contributed by atoms with Crippen LogP contribution in [0.25, 0.3) is 0 Å². The molecule has 0 unspecified atom stereocenters. The zero-order chi connectivity index (χ0) is 14.7. The van der Waals surface area contributed by atoms with E-state index < -0.39 is 0 Å². The van der Waals surface area contributed by atoms with Crippen LogP contribution in [0.5, 0.6) is 11.5 Å². The van der Waals surface area contributed by atoms with Gasteiger partial charge in [-0.05, 0) is 36.8 Å². The number of aryl methyl sites for hydroxylation is 1. The Bertz CT molecular complexity index is 650. The Labute approximate surface area is 123 Å². The molecule has 0 saturated heterocycles. The lowest BCUT2D eigenvalue weighted by molar-refractivity contribution is 0.103. The van der Waals surface area contributed by atoms with Crippen molar-refractivity contribution in [2.45, 2.75) is 6.92 Å². The highest BCUT2D eigenvalue weighted by Crippen LogP contribution is 2.29. The molecule has 0 fully saturated rings. The largest absolute Gasteiger partial charge is 0.497 e. The van der Waals surface area contributed by atoms with Gasteiger partial charge in [0.2, 0.25) is 0 Å². The summed E-state index contributed by atoms with van der Waals surface area (Å²) in [7, 11) is 3.08. The number of ether oxygens (including phenoxy) is 2. The summed E-state index contributed by atoms with van der Waals surface area (Å²) >= 11 is 6.21. The van der Waals surface area contributed by atoms with Gasteiger partial charge >= 0.3 is 0 Å². The minimum absolute atomic E-state index is 0.186. The van der Waals surface area contributed by atoms with E-state index in [9.17, 15) is 4.79 Å². The van der Waals surface area contributed by atoms with E-state index in [4.69, 9.17) is 21.1 Å². The van der Waals surface area contributed by atoms with Gasteiger partial charge in [0.25, 0.3) is 0 Å². The molecule has 3 nitrogen and oxygen atoms in total.